The van der Waals surface area contributed by atoms with E-state index in [1.807, 2.05) is 12.1 Å². The third kappa shape index (κ3) is 4.90. The van der Waals surface area contributed by atoms with Crippen molar-refractivity contribution in [1.82, 2.24) is 5.32 Å². The molecule has 2 unspecified atom stereocenters. The van der Waals surface area contributed by atoms with E-state index in [0.717, 1.165) is 37.0 Å². The second-order valence-electron chi connectivity index (χ2n) is 5.63. The Labute approximate surface area is 132 Å². The molecule has 1 saturated carbocycles. The molecule has 0 heterocycles. The van der Waals surface area contributed by atoms with Gasteiger partial charge in [0.05, 0.1) is 7.11 Å². The normalized spacial score (nSPS) is 20.7. The summed E-state index contributed by atoms with van der Waals surface area (Å²) in [4.78, 5) is 12.0. The van der Waals surface area contributed by atoms with E-state index in [-0.39, 0.29) is 30.3 Å². The Morgan fingerprint density at radius 1 is 1.43 bits per heavy atom. The number of amides is 1. The van der Waals surface area contributed by atoms with Gasteiger partial charge in [0.1, 0.15) is 5.75 Å². The molecule has 4 nitrogen and oxygen atoms in total. The molecule has 0 saturated heterocycles. The van der Waals surface area contributed by atoms with Crippen LogP contribution in [0.3, 0.4) is 0 Å². The quantitative estimate of drug-likeness (QED) is 0.876. The van der Waals surface area contributed by atoms with E-state index in [1.165, 1.54) is 5.56 Å². The van der Waals surface area contributed by atoms with Crippen LogP contribution in [-0.2, 0) is 11.2 Å². The highest BCUT2D eigenvalue weighted by atomic mass is 35.5. The van der Waals surface area contributed by atoms with Gasteiger partial charge in [-0.25, -0.2) is 0 Å². The summed E-state index contributed by atoms with van der Waals surface area (Å²) in [6.07, 6.45) is 3.49. The molecule has 5 heteroatoms. The average Bonchev–Trinajstić information content (AvgIpc) is 2.86. The van der Waals surface area contributed by atoms with Gasteiger partial charge < -0.3 is 15.8 Å². The van der Waals surface area contributed by atoms with E-state index in [4.69, 9.17) is 10.5 Å². The Morgan fingerprint density at radius 2 is 2.19 bits per heavy atom. The lowest BCUT2D eigenvalue weighted by molar-refractivity contribution is -0.124. The number of nitrogens with two attached hydrogens (primary N) is 1. The molecule has 0 radical (unpaired) electrons. The third-order valence-corrected chi connectivity index (χ3v) is 3.97. The second kappa shape index (κ2) is 8.25. The minimum Gasteiger partial charge on any atom is -0.496 e. The Morgan fingerprint density at radius 3 is 2.81 bits per heavy atom. The standard InChI is InChI=1S/C16H24N2O2.ClH/c1-11-3-6-15(20-2)12(9-11)7-8-18-16(19)13-4-5-14(17)10-13;/h3,6,9,13-14H,4-5,7-8,10,17H2,1-2H3,(H,18,19);1H. The summed E-state index contributed by atoms with van der Waals surface area (Å²) in [7, 11) is 1.67. The maximum atomic E-state index is 12.0. The lowest BCUT2D eigenvalue weighted by Crippen LogP contribution is -2.32. The lowest BCUT2D eigenvalue weighted by Gasteiger charge is -2.12. The summed E-state index contributed by atoms with van der Waals surface area (Å²) >= 11 is 0. The number of aryl methyl sites for hydroxylation is 1. The van der Waals surface area contributed by atoms with Crippen molar-refractivity contribution in [2.24, 2.45) is 11.7 Å². The van der Waals surface area contributed by atoms with Crippen molar-refractivity contribution in [2.45, 2.75) is 38.6 Å². The number of hydrogen-bond acceptors (Lipinski definition) is 3. The van der Waals surface area contributed by atoms with Gasteiger partial charge in [0.15, 0.2) is 0 Å². The molecule has 1 aliphatic carbocycles. The van der Waals surface area contributed by atoms with E-state index < -0.39 is 0 Å². The van der Waals surface area contributed by atoms with Gasteiger partial charge in [-0.05, 0) is 44.2 Å². The zero-order valence-electron chi connectivity index (χ0n) is 12.7. The highest BCUT2D eigenvalue weighted by molar-refractivity contribution is 5.85. The van der Waals surface area contributed by atoms with E-state index in [1.54, 1.807) is 7.11 Å². The first-order valence-electron chi connectivity index (χ1n) is 7.27. The molecule has 0 bridgehead atoms. The number of nitrogens with one attached hydrogen (secondary N) is 1. The number of methoxy groups -OCH3 is 1. The molecule has 2 rings (SSSR count). The molecule has 1 aromatic carbocycles. The summed E-state index contributed by atoms with van der Waals surface area (Å²) in [5.74, 6) is 1.13. The van der Waals surface area contributed by atoms with E-state index in [0.29, 0.717) is 6.54 Å². The number of benzene rings is 1. The molecule has 1 fully saturated rings. The van der Waals surface area contributed by atoms with E-state index in [2.05, 4.69) is 18.3 Å². The number of ether oxygens (including phenoxy) is 1. The van der Waals surface area contributed by atoms with Gasteiger partial charge in [-0.2, -0.15) is 0 Å². The molecule has 1 aromatic rings. The van der Waals surface area contributed by atoms with Crippen LogP contribution in [0.5, 0.6) is 5.75 Å². The zero-order chi connectivity index (χ0) is 14.5. The van der Waals surface area contributed by atoms with Crippen molar-refractivity contribution < 1.29 is 9.53 Å². The van der Waals surface area contributed by atoms with Crippen molar-refractivity contribution in [3.05, 3.63) is 29.3 Å². The van der Waals surface area contributed by atoms with E-state index in [9.17, 15) is 4.79 Å². The maximum absolute atomic E-state index is 12.0. The molecule has 1 aliphatic rings. The predicted molar refractivity (Wildman–Crippen MR) is 87.0 cm³/mol. The molecule has 0 aromatic heterocycles. The molecular formula is C16H25ClN2O2. The van der Waals surface area contributed by atoms with Gasteiger partial charge in [-0.1, -0.05) is 17.7 Å². The summed E-state index contributed by atoms with van der Waals surface area (Å²) in [5, 5.41) is 3.01. The van der Waals surface area contributed by atoms with Crippen molar-refractivity contribution in [2.75, 3.05) is 13.7 Å². The van der Waals surface area contributed by atoms with Crippen LogP contribution >= 0.6 is 12.4 Å². The fraction of sp³-hybridized carbons (Fsp3) is 0.562. The van der Waals surface area contributed by atoms with Crippen molar-refractivity contribution >= 4 is 18.3 Å². The molecule has 2 atom stereocenters. The summed E-state index contributed by atoms with van der Waals surface area (Å²) in [6, 6.07) is 6.31. The van der Waals surface area contributed by atoms with Gasteiger partial charge in [-0.3, -0.25) is 4.79 Å². The first-order valence-corrected chi connectivity index (χ1v) is 7.27. The van der Waals surface area contributed by atoms with Crippen LogP contribution in [0.15, 0.2) is 18.2 Å². The Bertz CT molecular complexity index is 479. The Balaban J connectivity index is 0.00000220. The van der Waals surface area contributed by atoms with E-state index >= 15 is 0 Å². The van der Waals surface area contributed by atoms with Gasteiger partial charge >= 0.3 is 0 Å². The van der Waals surface area contributed by atoms with Crippen molar-refractivity contribution in [1.29, 1.82) is 0 Å². The zero-order valence-corrected chi connectivity index (χ0v) is 13.5. The van der Waals surface area contributed by atoms with Gasteiger partial charge in [-0.15, -0.1) is 12.4 Å². The second-order valence-corrected chi connectivity index (χ2v) is 5.63. The molecule has 118 valence electrons. The Hall–Kier alpha value is -1.26. The number of carbonyl (C=O) groups is 1. The molecule has 0 spiro atoms. The van der Waals surface area contributed by atoms with Crippen LogP contribution in [0, 0.1) is 12.8 Å². The molecule has 1 amide bonds. The predicted octanol–water partition coefficient (Wildman–Crippen LogP) is 2.21. The van der Waals surface area contributed by atoms with Crippen molar-refractivity contribution in [3.8, 4) is 5.75 Å². The van der Waals surface area contributed by atoms with Crippen LogP contribution in [0.25, 0.3) is 0 Å². The number of rotatable bonds is 5. The highest BCUT2D eigenvalue weighted by Gasteiger charge is 2.27. The van der Waals surface area contributed by atoms with Gasteiger partial charge in [0, 0.05) is 18.5 Å². The number of carbonyl (C=O) groups excluding carboxylic acids is 1. The average molecular weight is 313 g/mol. The van der Waals surface area contributed by atoms with Gasteiger partial charge in [0.25, 0.3) is 0 Å². The first kappa shape index (κ1) is 17.8. The largest absolute Gasteiger partial charge is 0.496 e. The molecule has 0 aliphatic heterocycles. The van der Waals surface area contributed by atoms with Crippen LogP contribution in [-0.4, -0.2) is 25.6 Å². The summed E-state index contributed by atoms with van der Waals surface area (Å²) < 4.78 is 5.34. The topological polar surface area (TPSA) is 64.3 Å². The fourth-order valence-corrected chi connectivity index (χ4v) is 2.82. The molecule has 21 heavy (non-hydrogen) atoms. The number of halogens is 1. The fourth-order valence-electron chi connectivity index (χ4n) is 2.82. The number of hydrogen-bond donors (Lipinski definition) is 2. The van der Waals surface area contributed by atoms with Crippen molar-refractivity contribution in [3.63, 3.8) is 0 Å². The minimum absolute atomic E-state index is 0. The monoisotopic (exact) mass is 312 g/mol. The Kier molecular flexibility index (Phi) is 6.99. The maximum Gasteiger partial charge on any atom is 0.223 e. The van der Waals surface area contributed by atoms with Gasteiger partial charge in [0.2, 0.25) is 5.91 Å². The first-order chi connectivity index (χ1) is 9.60. The van der Waals surface area contributed by atoms with Crippen LogP contribution < -0.4 is 15.8 Å². The molecule has 3 N–H and O–H groups in total. The smallest absolute Gasteiger partial charge is 0.223 e. The third-order valence-electron chi connectivity index (χ3n) is 3.97. The summed E-state index contributed by atoms with van der Waals surface area (Å²) in [5.41, 5.74) is 8.18. The lowest BCUT2D eigenvalue weighted by atomic mass is 10.1. The van der Waals surface area contributed by atoms with Crippen LogP contribution in [0.4, 0.5) is 0 Å². The highest BCUT2D eigenvalue weighted by Crippen LogP contribution is 2.24. The minimum atomic E-state index is 0. The van der Waals surface area contributed by atoms with Crippen LogP contribution in [0.1, 0.15) is 30.4 Å². The summed E-state index contributed by atoms with van der Waals surface area (Å²) in [6.45, 7) is 2.70. The SMILES string of the molecule is COc1ccc(C)cc1CCNC(=O)C1CCC(N)C1.Cl. The molecular weight excluding hydrogens is 288 g/mol. The van der Waals surface area contributed by atoms with Crippen LogP contribution in [0.2, 0.25) is 0 Å².